The molecule has 1 aliphatic heterocycles. The van der Waals surface area contributed by atoms with Gasteiger partial charge < -0.3 is 4.98 Å². The number of halogens is 1. The fourth-order valence-electron chi connectivity index (χ4n) is 2.48. The van der Waals surface area contributed by atoms with Gasteiger partial charge in [0, 0.05) is 11.8 Å². The van der Waals surface area contributed by atoms with Gasteiger partial charge in [0.15, 0.2) is 0 Å². The van der Waals surface area contributed by atoms with Crippen molar-refractivity contribution in [1.29, 1.82) is 0 Å². The zero-order chi connectivity index (χ0) is 12.5. The summed E-state index contributed by atoms with van der Waals surface area (Å²) in [6, 6.07) is 4.82. The van der Waals surface area contributed by atoms with Gasteiger partial charge in [0.05, 0.1) is 5.52 Å². The number of imidazole rings is 1. The predicted octanol–water partition coefficient (Wildman–Crippen LogP) is 2.75. The van der Waals surface area contributed by atoms with Crippen LogP contribution < -0.4 is 5.69 Å². The number of H-pyrrole nitrogens is 1. The molecule has 3 rings (SSSR count). The van der Waals surface area contributed by atoms with Crippen molar-refractivity contribution in [2.45, 2.75) is 31.1 Å². The highest BCUT2D eigenvalue weighted by atomic mass is 32.2. The molecular weight excluding hydrogens is 251 g/mol. The molecule has 1 aromatic heterocycles. The minimum absolute atomic E-state index is 0.207. The average Bonchev–Trinajstić information content (AvgIpc) is 2.70. The molecule has 1 unspecified atom stereocenters. The van der Waals surface area contributed by atoms with Crippen molar-refractivity contribution in [2.24, 2.45) is 0 Å². The standard InChI is InChI=1S/C13H15FN2OS/c14-10-5-3-6-11-12(10)15-13(17)16(11)8-9-4-1-2-7-18-9/h3,5-6,9H,1-2,4,7-8H2,(H,15,17). The lowest BCUT2D eigenvalue weighted by molar-refractivity contribution is 0.582. The van der Waals surface area contributed by atoms with Gasteiger partial charge in [-0.3, -0.25) is 4.57 Å². The molecule has 0 radical (unpaired) electrons. The zero-order valence-corrected chi connectivity index (χ0v) is 10.8. The van der Waals surface area contributed by atoms with Crippen LogP contribution in [0.4, 0.5) is 4.39 Å². The predicted molar refractivity (Wildman–Crippen MR) is 72.6 cm³/mol. The number of benzene rings is 1. The molecule has 0 spiro atoms. The summed E-state index contributed by atoms with van der Waals surface area (Å²) >= 11 is 1.92. The molecule has 0 saturated carbocycles. The summed E-state index contributed by atoms with van der Waals surface area (Å²) in [5.74, 6) is 0.801. The van der Waals surface area contributed by atoms with Crippen molar-refractivity contribution in [1.82, 2.24) is 9.55 Å². The van der Waals surface area contributed by atoms with Crippen LogP contribution in [0.1, 0.15) is 19.3 Å². The van der Waals surface area contributed by atoms with Crippen LogP contribution in [0, 0.1) is 5.82 Å². The number of hydrogen-bond donors (Lipinski definition) is 1. The number of nitrogens with zero attached hydrogens (tertiary/aromatic N) is 1. The molecule has 96 valence electrons. The number of thioether (sulfide) groups is 1. The maximum Gasteiger partial charge on any atom is 0.326 e. The summed E-state index contributed by atoms with van der Waals surface area (Å²) in [7, 11) is 0. The molecule has 5 heteroatoms. The van der Waals surface area contributed by atoms with E-state index in [1.165, 1.54) is 18.9 Å². The van der Waals surface area contributed by atoms with Crippen LogP contribution >= 0.6 is 11.8 Å². The van der Waals surface area contributed by atoms with Gasteiger partial charge in [-0.25, -0.2) is 9.18 Å². The maximum absolute atomic E-state index is 13.6. The third-order valence-corrected chi connectivity index (χ3v) is 4.80. The third kappa shape index (κ3) is 2.07. The molecule has 0 bridgehead atoms. The van der Waals surface area contributed by atoms with Crippen molar-refractivity contribution < 1.29 is 4.39 Å². The highest BCUT2D eigenvalue weighted by molar-refractivity contribution is 7.99. The minimum atomic E-state index is -0.361. The molecule has 0 aliphatic carbocycles. The smallest absolute Gasteiger partial charge is 0.303 e. The highest BCUT2D eigenvalue weighted by Gasteiger charge is 2.17. The van der Waals surface area contributed by atoms with E-state index in [0.717, 1.165) is 12.2 Å². The summed E-state index contributed by atoms with van der Waals surface area (Å²) in [6.45, 7) is 0.674. The summed E-state index contributed by atoms with van der Waals surface area (Å²) in [5, 5.41) is 0.471. The second-order valence-corrected chi connectivity index (χ2v) is 6.07. The Kier molecular flexibility index (Phi) is 3.16. The Bertz CT molecular complexity index is 613. The number of hydrogen-bond acceptors (Lipinski definition) is 2. The molecule has 1 saturated heterocycles. The van der Waals surface area contributed by atoms with E-state index >= 15 is 0 Å². The molecule has 18 heavy (non-hydrogen) atoms. The summed E-state index contributed by atoms with van der Waals surface area (Å²) in [4.78, 5) is 14.5. The van der Waals surface area contributed by atoms with Gasteiger partial charge in [-0.05, 0) is 30.7 Å². The van der Waals surface area contributed by atoms with Crippen LogP contribution in [-0.2, 0) is 6.54 Å². The number of fused-ring (bicyclic) bond motifs is 1. The van der Waals surface area contributed by atoms with E-state index in [9.17, 15) is 9.18 Å². The van der Waals surface area contributed by atoms with E-state index in [2.05, 4.69) is 4.98 Å². The van der Waals surface area contributed by atoms with Crippen LogP contribution in [-0.4, -0.2) is 20.6 Å². The summed E-state index contributed by atoms with van der Waals surface area (Å²) in [6.07, 6.45) is 3.63. The van der Waals surface area contributed by atoms with Gasteiger partial charge >= 0.3 is 5.69 Å². The monoisotopic (exact) mass is 266 g/mol. The molecule has 3 nitrogen and oxygen atoms in total. The van der Waals surface area contributed by atoms with Crippen LogP contribution in [0.25, 0.3) is 11.0 Å². The van der Waals surface area contributed by atoms with E-state index in [0.29, 0.717) is 22.8 Å². The lowest BCUT2D eigenvalue weighted by Gasteiger charge is -2.21. The molecule has 1 aliphatic rings. The van der Waals surface area contributed by atoms with Crippen molar-refractivity contribution in [3.63, 3.8) is 0 Å². The van der Waals surface area contributed by atoms with E-state index in [1.807, 2.05) is 11.8 Å². The quantitative estimate of drug-likeness (QED) is 0.907. The van der Waals surface area contributed by atoms with Crippen LogP contribution in [0.2, 0.25) is 0 Å². The average molecular weight is 266 g/mol. The molecule has 1 aromatic carbocycles. The number of rotatable bonds is 2. The van der Waals surface area contributed by atoms with Crippen molar-refractivity contribution in [3.8, 4) is 0 Å². The Balaban J connectivity index is 1.98. The number of para-hydroxylation sites is 1. The first-order valence-electron chi connectivity index (χ1n) is 6.24. The van der Waals surface area contributed by atoms with Gasteiger partial charge in [-0.1, -0.05) is 12.5 Å². The topological polar surface area (TPSA) is 37.8 Å². The lowest BCUT2D eigenvalue weighted by Crippen LogP contribution is -2.24. The number of aromatic nitrogens is 2. The number of aromatic amines is 1. The fraction of sp³-hybridized carbons (Fsp3) is 0.462. The normalized spacial score (nSPS) is 20.4. The Morgan fingerprint density at radius 2 is 2.33 bits per heavy atom. The summed E-state index contributed by atoms with van der Waals surface area (Å²) in [5.41, 5.74) is 0.788. The summed E-state index contributed by atoms with van der Waals surface area (Å²) < 4.78 is 15.2. The zero-order valence-electron chi connectivity index (χ0n) is 9.99. The van der Waals surface area contributed by atoms with Crippen molar-refractivity contribution in [2.75, 3.05) is 5.75 Å². The minimum Gasteiger partial charge on any atom is -0.303 e. The fourth-order valence-corrected chi connectivity index (χ4v) is 3.77. The van der Waals surface area contributed by atoms with Gasteiger partial charge in [0.25, 0.3) is 0 Å². The molecule has 1 fully saturated rings. The SMILES string of the molecule is O=c1[nH]c2c(F)cccc2n1CC1CCCCS1. The van der Waals surface area contributed by atoms with Crippen LogP contribution in [0.5, 0.6) is 0 Å². The third-order valence-electron chi connectivity index (χ3n) is 3.42. The van der Waals surface area contributed by atoms with Gasteiger partial charge in [0.1, 0.15) is 11.3 Å². The maximum atomic E-state index is 13.6. The first kappa shape index (κ1) is 11.8. The van der Waals surface area contributed by atoms with Crippen LogP contribution in [0.15, 0.2) is 23.0 Å². The Labute approximate surface area is 108 Å². The van der Waals surface area contributed by atoms with E-state index in [4.69, 9.17) is 0 Å². The largest absolute Gasteiger partial charge is 0.326 e. The lowest BCUT2D eigenvalue weighted by atomic mass is 10.2. The van der Waals surface area contributed by atoms with E-state index in [-0.39, 0.29) is 11.5 Å². The Morgan fingerprint density at radius 3 is 3.11 bits per heavy atom. The second-order valence-electron chi connectivity index (χ2n) is 4.66. The highest BCUT2D eigenvalue weighted by Crippen LogP contribution is 2.27. The molecule has 2 heterocycles. The number of nitrogens with one attached hydrogen (secondary N) is 1. The van der Waals surface area contributed by atoms with Gasteiger partial charge in [-0.2, -0.15) is 11.8 Å². The second kappa shape index (κ2) is 4.80. The van der Waals surface area contributed by atoms with E-state index in [1.54, 1.807) is 16.7 Å². The van der Waals surface area contributed by atoms with Crippen LogP contribution in [0.3, 0.4) is 0 Å². The Morgan fingerprint density at radius 1 is 1.44 bits per heavy atom. The van der Waals surface area contributed by atoms with Crippen molar-refractivity contribution in [3.05, 3.63) is 34.5 Å². The first-order valence-corrected chi connectivity index (χ1v) is 7.29. The van der Waals surface area contributed by atoms with Gasteiger partial charge in [-0.15, -0.1) is 0 Å². The molecule has 1 N–H and O–H groups in total. The van der Waals surface area contributed by atoms with Gasteiger partial charge in [0.2, 0.25) is 0 Å². The van der Waals surface area contributed by atoms with Crippen molar-refractivity contribution >= 4 is 22.8 Å². The Hall–Kier alpha value is -1.23. The molecule has 1 atom stereocenters. The molecule has 0 amide bonds. The molecular formula is C13H15FN2OS. The van der Waals surface area contributed by atoms with E-state index < -0.39 is 0 Å². The molecule has 2 aromatic rings. The first-order chi connectivity index (χ1) is 8.75.